The van der Waals surface area contributed by atoms with Crippen molar-refractivity contribution in [3.8, 4) is 0 Å². The average Bonchev–Trinajstić information content (AvgIpc) is 3.40. The van der Waals surface area contributed by atoms with Crippen LogP contribution < -0.4 is 0 Å². The van der Waals surface area contributed by atoms with Crippen LogP contribution in [0.3, 0.4) is 0 Å². The summed E-state index contributed by atoms with van der Waals surface area (Å²) in [4.78, 5) is 0. The van der Waals surface area contributed by atoms with Gasteiger partial charge in [-0.3, -0.25) is 0 Å². The smallest absolute Gasteiger partial charge is 0.0573 e. The molecular weight excluding hydrogens is 379 g/mol. The first-order valence-electron chi connectivity index (χ1n) is 11.1. The van der Waals surface area contributed by atoms with E-state index in [9.17, 15) is 0 Å². The van der Waals surface area contributed by atoms with Gasteiger partial charge in [0.2, 0.25) is 0 Å². The summed E-state index contributed by atoms with van der Waals surface area (Å²) < 4.78 is 0.995. The van der Waals surface area contributed by atoms with Crippen LogP contribution in [0.5, 0.6) is 0 Å². The highest BCUT2D eigenvalue weighted by Crippen LogP contribution is 2.73. The predicted molar refractivity (Wildman–Crippen MR) is 121 cm³/mol. The van der Waals surface area contributed by atoms with Crippen LogP contribution in [0, 0.1) is 11.8 Å². The van der Waals surface area contributed by atoms with Gasteiger partial charge >= 0.3 is 0 Å². The molecule has 2 saturated carbocycles. The van der Waals surface area contributed by atoms with Gasteiger partial charge in [-0.05, 0) is 67.4 Å². The van der Waals surface area contributed by atoms with Crippen molar-refractivity contribution in [2.45, 2.75) is 97.4 Å². The predicted octanol–water partition coefficient (Wildman–Crippen LogP) is 7.06. The molecule has 0 bridgehead atoms. The van der Waals surface area contributed by atoms with Gasteiger partial charge in [0.05, 0.1) is 4.58 Å². The van der Waals surface area contributed by atoms with Crippen LogP contribution in [0.2, 0.25) is 0 Å². The van der Waals surface area contributed by atoms with E-state index in [-0.39, 0.29) is 7.92 Å². The maximum atomic E-state index is 2.41. The zero-order valence-corrected chi connectivity index (χ0v) is 19.0. The maximum Gasteiger partial charge on any atom is 0.0573 e. The first kappa shape index (κ1) is 18.5. The summed E-state index contributed by atoms with van der Waals surface area (Å²) >= 11 is 7.17. The molecule has 0 spiro atoms. The fourth-order valence-corrected chi connectivity index (χ4v) is 18.0. The van der Waals surface area contributed by atoms with Crippen molar-refractivity contribution in [2.24, 2.45) is 11.8 Å². The lowest BCUT2D eigenvalue weighted by atomic mass is 9.75. The van der Waals surface area contributed by atoms with Crippen molar-refractivity contribution in [3.05, 3.63) is 0 Å². The number of hydrogen-bond acceptors (Lipinski definition) is 3. The van der Waals surface area contributed by atoms with Gasteiger partial charge in [-0.15, -0.1) is 23.5 Å². The molecule has 0 aromatic heterocycles. The van der Waals surface area contributed by atoms with Crippen LogP contribution in [0.25, 0.3) is 0 Å². The van der Waals surface area contributed by atoms with E-state index in [1.807, 2.05) is 0 Å². The average molecular weight is 415 g/mol. The highest BCUT2D eigenvalue weighted by Gasteiger charge is 2.57. The second-order valence-electron chi connectivity index (χ2n) is 8.99. The van der Waals surface area contributed by atoms with Gasteiger partial charge < -0.3 is 0 Å². The Morgan fingerprint density at radius 2 is 1.24 bits per heavy atom. The van der Waals surface area contributed by atoms with Crippen molar-refractivity contribution < 1.29 is 0 Å². The summed E-state index contributed by atoms with van der Waals surface area (Å²) in [6.07, 6.45) is 17.3. The van der Waals surface area contributed by atoms with Crippen LogP contribution in [-0.2, 0) is 0 Å². The summed E-state index contributed by atoms with van der Waals surface area (Å²) in [6, 6.07) is 0. The molecule has 0 nitrogen and oxygen atoms in total. The van der Waals surface area contributed by atoms with Crippen LogP contribution in [0.15, 0.2) is 0 Å². The van der Waals surface area contributed by atoms with E-state index in [1.165, 1.54) is 35.8 Å². The lowest BCUT2D eigenvalue weighted by Crippen LogP contribution is -2.31. The molecule has 0 aromatic rings. The molecule has 2 aliphatic carbocycles. The van der Waals surface area contributed by atoms with E-state index in [1.54, 1.807) is 57.8 Å². The van der Waals surface area contributed by atoms with Gasteiger partial charge in [0, 0.05) is 22.4 Å². The number of rotatable bonds is 3. The minimum absolute atomic E-state index is 0.275. The summed E-state index contributed by atoms with van der Waals surface area (Å²) in [5.74, 6) is 6.64. The Labute approximate surface area is 169 Å². The van der Waals surface area contributed by atoms with Crippen LogP contribution in [-0.4, -0.2) is 44.1 Å². The van der Waals surface area contributed by atoms with Crippen LogP contribution in [0.4, 0.5) is 0 Å². The maximum absolute atomic E-state index is 2.41. The largest absolute Gasteiger partial charge is 0.158 e. The summed E-state index contributed by atoms with van der Waals surface area (Å²) in [7, 11) is 0.275. The Hall–Kier alpha value is 1.48. The third-order valence-electron chi connectivity index (χ3n) is 7.71. The lowest BCUT2D eigenvalue weighted by Gasteiger charge is -2.40. The fourth-order valence-electron chi connectivity index (χ4n) is 6.80. The van der Waals surface area contributed by atoms with E-state index in [2.05, 4.69) is 35.3 Å². The lowest BCUT2D eigenvalue weighted by molar-refractivity contribution is 0.246. The summed E-state index contributed by atoms with van der Waals surface area (Å²) in [5, 5.41) is 1.07. The Balaban J connectivity index is 1.49. The monoisotopic (exact) mass is 414 g/mol. The molecule has 6 unspecified atom stereocenters. The number of fused-ring (bicyclic) bond motifs is 1. The normalized spacial score (nSPS) is 46.6. The highest BCUT2D eigenvalue weighted by atomic mass is 32.2. The third kappa shape index (κ3) is 3.60. The van der Waals surface area contributed by atoms with Gasteiger partial charge in [-0.25, -0.2) is 0 Å². The Bertz CT molecular complexity index is 408. The molecule has 0 N–H and O–H groups in total. The molecule has 3 saturated heterocycles. The topological polar surface area (TPSA) is 0 Å². The highest BCUT2D eigenvalue weighted by molar-refractivity contribution is 8.20. The van der Waals surface area contributed by atoms with Gasteiger partial charge in [-0.1, -0.05) is 40.0 Å². The SMILES string of the molecule is C1CCC(P2C(C3CCCS3)C3CCCCC3C2C2SCCS2)CC1. The Kier molecular flexibility index (Phi) is 6.26. The van der Waals surface area contributed by atoms with Crippen molar-refractivity contribution in [3.63, 3.8) is 0 Å². The Morgan fingerprint density at radius 1 is 0.560 bits per heavy atom. The molecule has 4 heteroatoms. The first-order chi connectivity index (χ1) is 12.4. The van der Waals surface area contributed by atoms with Gasteiger partial charge in [-0.2, -0.15) is 11.8 Å². The van der Waals surface area contributed by atoms with Crippen molar-refractivity contribution in [2.75, 3.05) is 17.3 Å². The molecule has 142 valence electrons. The quantitative estimate of drug-likeness (QED) is 0.454. The van der Waals surface area contributed by atoms with E-state index in [4.69, 9.17) is 0 Å². The molecule has 5 fully saturated rings. The van der Waals surface area contributed by atoms with Crippen molar-refractivity contribution >= 4 is 43.2 Å². The molecular formula is C21H35PS3. The molecule has 25 heavy (non-hydrogen) atoms. The van der Waals surface area contributed by atoms with E-state index < -0.39 is 0 Å². The van der Waals surface area contributed by atoms with Crippen molar-refractivity contribution in [1.29, 1.82) is 0 Å². The summed E-state index contributed by atoms with van der Waals surface area (Å²) in [6.45, 7) is 0. The first-order valence-corrected chi connectivity index (χ1v) is 15.8. The molecule has 0 aromatic carbocycles. The number of thioether (sulfide) groups is 3. The third-order valence-corrected chi connectivity index (χ3v) is 17.2. The van der Waals surface area contributed by atoms with E-state index in [0.29, 0.717) is 0 Å². The molecule has 6 atom stereocenters. The van der Waals surface area contributed by atoms with Gasteiger partial charge in [0.1, 0.15) is 0 Å². The minimum Gasteiger partial charge on any atom is -0.158 e. The van der Waals surface area contributed by atoms with Crippen LogP contribution >= 0.6 is 43.2 Å². The molecule has 3 aliphatic heterocycles. The fraction of sp³-hybridized carbons (Fsp3) is 1.00. The number of hydrogen-bond donors (Lipinski definition) is 0. The van der Waals surface area contributed by atoms with Crippen molar-refractivity contribution in [1.82, 2.24) is 0 Å². The second-order valence-corrected chi connectivity index (χ2v) is 16.0. The van der Waals surface area contributed by atoms with Gasteiger partial charge in [0.15, 0.2) is 0 Å². The molecule has 3 heterocycles. The zero-order chi connectivity index (χ0) is 16.6. The molecule has 0 radical (unpaired) electrons. The summed E-state index contributed by atoms with van der Waals surface area (Å²) in [5.41, 5.74) is 3.47. The molecule has 0 amide bonds. The van der Waals surface area contributed by atoms with E-state index >= 15 is 0 Å². The van der Waals surface area contributed by atoms with Gasteiger partial charge in [0.25, 0.3) is 0 Å². The molecule has 5 aliphatic rings. The van der Waals surface area contributed by atoms with Crippen LogP contribution in [0.1, 0.15) is 70.6 Å². The van der Waals surface area contributed by atoms with E-state index in [0.717, 1.165) is 33.0 Å². The zero-order valence-electron chi connectivity index (χ0n) is 15.6. The minimum atomic E-state index is 0.275. The Morgan fingerprint density at radius 3 is 1.92 bits per heavy atom. The molecule has 5 rings (SSSR count). The standard InChI is InChI=1S/C21H35PS3/c1-2-7-15(8-3-1)22-19(18-11-6-12-23-18)16-9-4-5-10-17(16)20(22)21-24-13-14-25-21/h15-21H,1-14H2. The second kappa shape index (κ2) is 8.46.